The molecule has 16 heteroatoms. The fraction of sp³-hybridized carbons (Fsp3) is 0.429. The van der Waals surface area contributed by atoms with E-state index in [1.165, 1.54) is 29.8 Å². The van der Waals surface area contributed by atoms with E-state index >= 15 is 0 Å². The Bertz CT molecular complexity index is 2780. The summed E-state index contributed by atoms with van der Waals surface area (Å²) in [6, 6.07) is 24.6. The highest BCUT2D eigenvalue weighted by atomic mass is 35.5. The lowest BCUT2D eigenvalue weighted by Gasteiger charge is -2.51. The van der Waals surface area contributed by atoms with E-state index in [9.17, 15) is 32.3 Å². The molecule has 3 atom stereocenters. The predicted octanol–water partition coefficient (Wildman–Crippen LogP) is 10.3. The number of carbonyl (C=O) groups excluding carboxylic acids is 4. The zero-order valence-electron chi connectivity index (χ0n) is 41.1. The average Bonchev–Trinajstić information content (AvgIpc) is 3.66. The SMILES string of the molecule is CNC(=O)c1ccc(-c2cccc(CC(=O)NCCCOc3ccc4c(c3)C3(CCC(C(=O)OC)(N(C(=O)C(F)(F)F)c5cccc(Cl)c5)CC3)[C@@H](C[C@@H](C)COc3ccnc5c3[C@H](C)CCC5)C4)c2)cn1. The topological polar surface area (TPSA) is 149 Å². The van der Waals surface area contributed by atoms with Gasteiger partial charge in [0.15, 0.2) is 0 Å². The lowest BCUT2D eigenvalue weighted by molar-refractivity contribution is -0.174. The number of halogens is 4. The van der Waals surface area contributed by atoms with E-state index in [0.29, 0.717) is 54.9 Å². The largest absolute Gasteiger partial charge is 0.494 e. The van der Waals surface area contributed by atoms with Crippen molar-refractivity contribution in [1.29, 1.82) is 0 Å². The monoisotopic (exact) mass is 1010 g/mol. The van der Waals surface area contributed by atoms with E-state index in [2.05, 4.69) is 34.4 Å². The van der Waals surface area contributed by atoms with Crippen LogP contribution < -0.4 is 25.0 Å². The Morgan fingerprint density at radius 2 is 1.72 bits per heavy atom. The van der Waals surface area contributed by atoms with Crippen LogP contribution in [0.25, 0.3) is 11.1 Å². The van der Waals surface area contributed by atoms with E-state index in [1.54, 1.807) is 25.5 Å². The summed E-state index contributed by atoms with van der Waals surface area (Å²) in [6.45, 7) is 5.48. The molecule has 2 aromatic heterocycles. The minimum absolute atomic E-state index is 0.0161. The molecular formula is C56H61ClF3N5O7. The molecule has 3 aliphatic carbocycles. The minimum atomic E-state index is -5.30. The molecular weight excluding hydrogens is 947 g/mol. The summed E-state index contributed by atoms with van der Waals surface area (Å²) < 4.78 is 61.9. The molecule has 2 N–H and O–H groups in total. The number of alkyl halides is 3. The second-order valence-corrected chi connectivity index (χ2v) is 20.0. The number of aromatic nitrogens is 2. The number of ether oxygens (including phenoxy) is 3. The number of hydrogen-bond donors (Lipinski definition) is 2. The number of pyridine rings is 2. The van der Waals surface area contributed by atoms with Gasteiger partial charge in [-0.3, -0.25) is 29.3 Å². The molecule has 0 unspecified atom stereocenters. The third-order valence-electron chi connectivity index (χ3n) is 14.9. The van der Waals surface area contributed by atoms with Crippen LogP contribution in [0.5, 0.6) is 11.5 Å². The fourth-order valence-electron chi connectivity index (χ4n) is 11.4. The van der Waals surface area contributed by atoms with Gasteiger partial charge in [0, 0.05) is 53.5 Å². The summed E-state index contributed by atoms with van der Waals surface area (Å²) in [5.74, 6) is -1.63. The first kappa shape index (κ1) is 51.9. The number of benzene rings is 3. The van der Waals surface area contributed by atoms with E-state index < -0.39 is 29.0 Å². The summed E-state index contributed by atoms with van der Waals surface area (Å²) in [6.07, 6.45) is 3.69. The number of hydrogen-bond acceptors (Lipinski definition) is 9. The van der Waals surface area contributed by atoms with Crippen LogP contribution in [0.2, 0.25) is 5.02 Å². The van der Waals surface area contributed by atoms with Crippen molar-refractivity contribution >= 4 is 41.0 Å². The Balaban J connectivity index is 0.978. The molecule has 1 spiro atoms. The lowest BCUT2D eigenvalue weighted by atomic mass is 9.59. The van der Waals surface area contributed by atoms with Crippen LogP contribution in [-0.2, 0) is 43.8 Å². The van der Waals surface area contributed by atoms with Crippen molar-refractivity contribution in [3.8, 4) is 22.6 Å². The quantitative estimate of drug-likeness (QED) is 0.0686. The van der Waals surface area contributed by atoms with Gasteiger partial charge in [0.05, 0.1) is 26.7 Å². The first-order valence-electron chi connectivity index (χ1n) is 24.7. The number of rotatable bonds is 17. The average molecular weight is 1010 g/mol. The maximum absolute atomic E-state index is 14.6. The molecule has 0 bridgehead atoms. The highest BCUT2D eigenvalue weighted by Gasteiger charge is 2.60. The molecule has 8 rings (SSSR count). The molecule has 1 fully saturated rings. The van der Waals surface area contributed by atoms with Gasteiger partial charge < -0.3 is 24.8 Å². The van der Waals surface area contributed by atoms with Crippen molar-refractivity contribution in [2.45, 2.75) is 108 Å². The summed E-state index contributed by atoms with van der Waals surface area (Å²) in [4.78, 5) is 62.0. The Hall–Kier alpha value is -6.48. The van der Waals surface area contributed by atoms with Crippen LogP contribution in [0.4, 0.5) is 18.9 Å². The van der Waals surface area contributed by atoms with Crippen LogP contribution >= 0.6 is 11.6 Å². The third-order valence-corrected chi connectivity index (χ3v) is 15.1. The van der Waals surface area contributed by atoms with Crippen LogP contribution in [-0.4, -0.2) is 79.3 Å². The van der Waals surface area contributed by atoms with Gasteiger partial charge in [-0.15, -0.1) is 0 Å². The first-order chi connectivity index (χ1) is 34.5. The van der Waals surface area contributed by atoms with Gasteiger partial charge in [0.2, 0.25) is 5.91 Å². The van der Waals surface area contributed by atoms with Gasteiger partial charge in [0.1, 0.15) is 22.7 Å². The normalized spacial score (nSPS) is 20.7. The molecule has 3 aliphatic rings. The Morgan fingerprint density at radius 3 is 2.44 bits per heavy atom. The van der Waals surface area contributed by atoms with E-state index in [-0.39, 0.29) is 66.5 Å². The number of aryl methyl sites for hydroxylation is 1. The molecule has 0 radical (unpaired) electrons. The molecule has 5 aromatic rings. The number of nitrogens with zero attached hydrogens (tertiary/aromatic N) is 3. The number of methoxy groups -OCH3 is 1. The second-order valence-electron chi connectivity index (χ2n) is 19.6. The third kappa shape index (κ3) is 11.1. The van der Waals surface area contributed by atoms with Crippen LogP contribution in [0.3, 0.4) is 0 Å². The zero-order valence-corrected chi connectivity index (χ0v) is 41.8. The molecule has 1 saturated carbocycles. The summed E-state index contributed by atoms with van der Waals surface area (Å²) in [5.41, 5.74) is 4.47. The molecule has 0 aliphatic heterocycles. The number of nitrogens with one attached hydrogen (secondary N) is 2. The van der Waals surface area contributed by atoms with Gasteiger partial charge >= 0.3 is 18.1 Å². The fourth-order valence-corrected chi connectivity index (χ4v) is 11.5. The van der Waals surface area contributed by atoms with Crippen molar-refractivity contribution in [3.05, 3.63) is 136 Å². The van der Waals surface area contributed by atoms with E-state index in [4.69, 9.17) is 25.8 Å². The smallest absolute Gasteiger partial charge is 0.471 e. The van der Waals surface area contributed by atoms with Crippen molar-refractivity contribution in [1.82, 2.24) is 20.6 Å². The van der Waals surface area contributed by atoms with Crippen molar-refractivity contribution in [2.24, 2.45) is 11.8 Å². The van der Waals surface area contributed by atoms with E-state index in [0.717, 1.165) is 72.1 Å². The van der Waals surface area contributed by atoms with E-state index in [1.807, 2.05) is 54.6 Å². The Morgan fingerprint density at radius 1 is 0.931 bits per heavy atom. The van der Waals surface area contributed by atoms with Crippen LogP contribution in [0, 0.1) is 11.8 Å². The summed E-state index contributed by atoms with van der Waals surface area (Å²) in [7, 11) is 2.68. The van der Waals surface area contributed by atoms with Crippen molar-refractivity contribution < 1.29 is 46.6 Å². The standard InChI is InChI=1S/C56H61ClF3N5O7/c1-35(34-72-48-19-25-62-46-14-5-9-36(2)50(46)48)27-41-30-39-15-17-44(71-26-8-24-63-49(66)29-37-10-6-11-38(28-37)40-16-18-47(64-33-40)51(67)61-3)32-45(39)54(41)20-22-55(23-21-54,53(69)70-4)65(52(68)56(58,59)60)43-13-7-12-42(57)31-43/h6-7,10-13,15-19,25,28,31-33,35-36,41H,5,8-9,14,20-24,26-27,29-30,34H2,1-4H3,(H,61,67)(H,63,66)/t35-,36-,41+,54?,55?/m1/s1. The van der Waals surface area contributed by atoms with Gasteiger partial charge in [-0.1, -0.05) is 67.9 Å². The maximum Gasteiger partial charge on any atom is 0.471 e. The number of anilines is 1. The number of carbonyl (C=O) groups is 4. The summed E-state index contributed by atoms with van der Waals surface area (Å²) in [5, 5.41) is 5.65. The first-order valence-corrected chi connectivity index (χ1v) is 25.1. The maximum atomic E-state index is 14.6. The molecule has 72 heavy (non-hydrogen) atoms. The highest BCUT2D eigenvalue weighted by molar-refractivity contribution is 6.31. The lowest BCUT2D eigenvalue weighted by Crippen LogP contribution is -2.63. The summed E-state index contributed by atoms with van der Waals surface area (Å²) >= 11 is 6.29. The number of amides is 3. The van der Waals surface area contributed by atoms with Crippen LogP contribution in [0.15, 0.2) is 97.3 Å². The molecule has 12 nitrogen and oxygen atoms in total. The Labute approximate surface area is 423 Å². The van der Waals surface area contributed by atoms with Gasteiger partial charge in [-0.25, -0.2) is 4.79 Å². The van der Waals surface area contributed by atoms with Gasteiger partial charge in [-0.05, 0) is 152 Å². The Kier molecular flexibility index (Phi) is 15.9. The molecule has 3 aromatic carbocycles. The van der Waals surface area contributed by atoms with Gasteiger partial charge in [0.25, 0.3) is 5.91 Å². The number of esters is 1. The van der Waals surface area contributed by atoms with Crippen molar-refractivity contribution in [2.75, 3.05) is 38.8 Å². The molecule has 0 saturated heterocycles. The highest BCUT2D eigenvalue weighted by Crippen LogP contribution is 2.58. The molecule has 3 amide bonds. The number of fused-ring (bicyclic) bond motifs is 3. The van der Waals surface area contributed by atoms with Crippen molar-refractivity contribution in [3.63, 3.8) is 0 Å². The second kappa shape index (κ2) is 22.1. The predicted molar refractivity (Wildman–Crippen MR) is 268 cm³/mol. The van der Waals surface area contributed by atoms with Crippen LogP contribution in [0.1, 0.15) is 110 Å². The molecule has 380 valence electrons. The minimum Gasteiger partial charge on any atom is -0.494 e. The van der Waals surface area contributed by atoms with Gasteiger partial charge in [-0.2, -0.15) is 13.2 Å². The zero-order chi connectivity index (χ0) is 51.2. The molecule has 2 heterocycles.